The average molecular weight is 252 g/mol. The summed E-state index contributed by atoms with van der Waals surface area (Å²) in [4.78, 5) is 7.79. The molecular weight excluding hydrogens is 241 g/mol. The van der Waals surface area contributed by atoms with Crippen LogP contribution in [0.4, 0.5) is 10.2 Å². The monoisotopic (exact) mass is 251 g/mol. The van der Waals surface area contributed by atoms with E-state index in [1.165, 1.54) is 12.1 Å². The van der Waals surface area contributed by atoms with Gasteiger partial charge in [0.2, 0.25) is 5.28 Å². The van der Waals surface area contributed by atoms with E-state index in [1.54, 1.807) is 24.4 Å². The lowest BCUT2D eigenvalue weighted by Gasteiger charge is -2.05. The van der Waals surface area contributed by atoms with Crippen LogP contribution in [0.25, 0.3) is 0 Å². The number of rotatable bonds is 4. The van der Waals surface area contributed by atoms with Crippen LogP contribution in [-0.2, 0) is 6.42 Å². The topological polar surface area (TPSA) is 37.8 Å². The van der Waals surface area contributed by atoms with Gasteiger partial charge in [0.05, 0.1) is 0 Å². The van der Waals surface area contributed by atoms with Crippen LogP contribution in [0.1, 0.15) is 5.56 Å². The predicted octanol–water partition coefficient (Wildman–Crippen LogP) is 2.92. The fourth-order valence-corrected chi connectivity index (χ4v) is 1.57. The molecule has 0 spiro atoms. The van der Waals surface area contributed by atoms with Crippen molar-refractivity contribution in [3.8, 4) is 0 Å². The molecule has 0 atom stereocenters. The molecule has 0 fully saturated rings. The molecular formula is C12H11ClFN3. The molecule has 0 aliphatic carbocycles. The van der Waals surface area contributed by atoms with Gasteiger partial charge < -0.3 is 5.32 Å². The van der Waals surface area contributed by atoms with Crippen LogP contribution in [0.2, 0.25) is 5.28 Å². The molecule has 0 saturated carbocycles. The lowest BCUT2D eigenvalue weighted by atomic mass is 10.1. The number of nitrogens with zero attached hydrogens (tertiary/aromatic N) is 2. The zero-order valence-electron chi connectivity index (χ0n) is 9.03. The zero-order valence-corrected chi connectivity index (χ0v) is 9.78. The summed E-state index contributed by atoms with van der Waals surface area (Å²) in [7, 11) is 0. The largest absolute Gasteiger partial charge is 0.370 e. The number of nitrogens with one attached hydrogen (secondary N) is 1. The summed E-state index contributed by atoms with van der Waals surface area (Å²) in [6, 6.07) is 8.19. The van der Waals surface area contributed by atoms with Gasteiger partial charge >= 0.3 is 0 Å². The Morgan fingerprint density at radius 3 is 2.65 bits per heavy atom. The molecule has 17 heavy (non-hydrogen) atoms. The molecule has 0 amide bonds. The van der Waals surface area contributed by atoms with Gasteiger partial charge in [-0.2, -0.15) is 0 Å². The number of aromatic nitrogens is 2. The molecule has 1 aromatic carbocycles. The number of benzene rings is 1. The highest BCUT2D eigenvalue weighted by molar-refractivity contribution is 6.28. The Morgan fingerprint density at radius 1 is 1.18 bits per heavy atom. The van der Waals surface area contributed by atoms with Crippen LogP contribution in [0, 0.1) is 5.82 Å². The van der Waals surface area contributed by atoms with Crippen molar-refractivity contribution < 1.29 is 4.39 Å². The Bertz CT molecular complexity index is 487. The van der Waals surface area contributed by atoms with Crippen molar-refractivity contribution in [2.75, 3.05) is 11.9 Å². The van der Waals surface area contributed by atoms with E-state index in [0.717, 1.165) is 12.0 Å². The molecule has 0 aliphatic heterocycles. The van der Waals surface area contributed by atoms with E-state index >= 15 is 0 Å². The van der Waals surface area contributed by atoms with E-state index in [4.69, 9.17) is 11.6 Å². The normalized spacial score (nSPS) is 10.2. The van der Waals surface area contributed by atoms with Crippen LogP contribution < -0.4 is 5.32 Å². The number of hydrogen-bond donors (Lipinski definition) is 1. The lowest BCUT2D eigenvalue weighted by molar-refractivity contribution is 0.627. The summed E-state index contributed by atoms with van der Waals surface area (Å²) in [5.41, 5.74) is 1.07. The second-order valence-corrected chi connectivity index (χ2v) is 3.85. The third-order valence-corrected chi connectivity index (χ3v) is 2.44. The Kier molecular flexibility index (Phi) is 3.88. The Hall–Kier alpha value is -1.68. The highest BCUT2D eigenvalue weighted by atomic mass is 35.5. The molecule has 88 valence electrons. The van der Waals surface area contributed by atoms with Gasteiger partial charge in [0.1, 0.15) is 11.6 Å². The maximum absolute atomic E-state index is 12.7. The lowest BCUT2D eigenvalue weighted by Crippen LogP contribution is -2.06. The fourth-order valence-electron chi connectivity index (χ4n) is 1.42. The first-order valence-corrected chi connectivity index (χ1v) is 5.59. The molecule has 1 heterocycles. The second-order valence-electron chi connectivity index (χ2n) is 3.51. The van der Waals surface area contributed by atoms with Gasteiger partial charge in [-0.05, 0) is 41.8 Å². The Morgan fingerprint density at radius 2 is 1.94 bits per heavy atom. The molecule has 3 nitrogen and oxygen atoms in total. The highest BCUT2D eigenvalue weighted by Gasteiger charge is 1.97. The molecule has 2 aromatic rings. The molecule has 0 radical (unpaired) electrons. The summed E-state index contributed by atoms with van der Waals surface area (Å²) in [6.45, 7) is 0.707. The summed E-state index contributed by atoms with van der Waals surface area (Å²) in [5, 5.41) is 3.34. The zero-order chi connectivity index (χ0) is 12.1. The maximum Gasteiger partial charge on any atom is 0.224 e. The van der Waals surface area contributed by atoms with Crippen molar-refractivity contribution in [2.45, 2.75) is 6.42 Å². The predicted molar refractivity (Wildman–Crippen MR) is 65.6 cm³/mol. The highest BCUT2D eigenvalue weighted by Crippen LogP contribution is 2.07. The standard InChI is InChI=1S/C12H11ClFN3/c13-12-16-8-6-11(17-12)15-7-5-9-1-3-10(14)4-2-9/h1-4,6,8H,5,7H2,(H,15,16,17). The number of hydrogen-bond acceptors (Lipinski definition) is 3. The first kappa shape index (κ1) is 11.8. The minimum atomic E-state index is -0.218. The van der Waals surface area contributed by atoms with Gasteiger partial charge in [-0.15, -0.1) is 0 Å². The van der Waals surface area contributed by atoms with E-state index in [0.29, 0.717) is 12.4 Å². The third-order valence-electron chi connectivity index (χ3n) is 2.26. The molecule has 5 heteroatoms. The van der Waals surface area contributed by atoms with Crippen LogP contribution in [0.15, 0.2) is 36.5 Å². The quantitative estimate of drug-likeness (QED) is 0.849. The summed E-state index contributed by atoms with van der Waals surface area (Å²) < 4.78 is 12.7. The van der Waals surface area contributed by atoms with Crippen molar-refractivity contribution in [2.24, 2.45) is 0 Å². The number of halogens is 2. The van der Waals surface area contributed by atoms with Crippen molar-refractivity contribution in [3.63, 3.8) is 0 Å². The maximum atomic E-state index is 12.7. The van der Waals surface area contributed by atoms with Crippen molar-refractivity contribution in [3.05, 3.63) is 53.2 Å². The molecule has 2 rings (SSSR count). The van der Waals surface area contributed by atoms with Crippen LogP contribution in [0.5, 0.6) is 0 Å². The molecule has 0 aliphatic rings. The summed E-state index contributed by atoms with van der Waals surface area (Å²) in [6.07, 6.45) is 2.39. The minimum absolute atomic E-state index is 0.218. The average Bonchev–Trinajstić information content (AvgIpc) is 2.32. The van der Waals surface area contributed by atoms with Gasteiger partial charge in [0.25, 0.3) is 0 Å². The molecule has 0 unspecified atom stereocenters. The van der Waals surface area contributed by atoms with E-state index in [1.807, 2.05) is 0 Å². The van der Waals surface area contributed by atoms with E-state index < -0.39 is 0 Å². The third kappa shape index (κ3) is 3.67. The Balaban J connectivity index is 1.85. The molecule has 0 saturated heterocycles. The first-order valence-electron chi connectivity index (χ1n) is 5.21. The summed E-state index contributed by atoms with van der Waals surface area (Å²) >= 11 is 5.65. The van der Waals surface area contributed by atoms with E-state index in [-0.39, 0.29) is 11.1 Å². The SMILES string of the molecule is Fc1ccc(CCNc2ccnc(Cl)n2)cc1. The molecule has 0 bridgehead atoms. The van der Waals surface area contributed by atoms with Gasteiger partial charge in [-0.1, -0.05) is 12.1 Å². The fraction of sp³-hybridized carbons (Fsp3) is 0.167. The van der Waals surface area contributed by atoms with Crippen molar-refractivity contribution in [1.82, 2.24) is 9.97 Å². The van der Waals surface area contributed by atoms with Crippen LogP contribution >= 0.6 is 11.6 Å². The Labute approximate surface area is 104 Å². The van der Waals surface area contributed by atoms with Crippen molar-refractivity contribution >= 4 is 17.4 Å². The molecule has 1 aromatic heterocycles. The number of anilines is 1. The molecule has 1 N–H and O–H groups in total. The van der Waals surface area contributed by atoms with Gasteiger partial charge in [0, 0.05) is 12.7 Å². The summed E-state index contributed by atoms with van der Waals surface area (Å²) in [5.74, 6) is 0.469. The van der Waals surface area contributed by atoms with E-state index in [9.17, 15) is 4.39 Å². The van der Waals surface area contributed by atoms with Crippen LogP contribution in [-0.4, -0.2) is 16.5 Å². The van der Waals surface area contributed by atoms with E-state index in [2.05, 4.69) is 15.3 Å². The van der Waals surface area contributed by atoms with Gasteiger partial charge in [-0.25, -0.2) is 14.4 Å². The second kappa shape index (κ2) is 5.59. The first-order chi connectivity index (χ1) is 8.24. The van der Waals surface area contributed by atoms with Crippen LogP contribution in [0.3, 0.4) is 0 Å². The van der Waals surface area contributed by atoms with Gasteiger partial charge in [0.15, 0.2) is 0 Å². The smallest absolute Gasteiger partial charge is 0.224 e. The minimum Gasteiger partial charge on any atom is -0.370 e. The van der Waals surface area contributed by atoms with Crippen molar-refractivity contribution in [1.29, 1.82) is 0 Å². The van der Waals surface area contributed by atoms with Gasteiger partial charge in [-0.3, -0.25) is 0 Å².